The number of halogens is 2. The van der Waals surface area contributed by atoms with Crippen LogP contribution >= 0.6 is 38.9 Å². The van der Waals surface area contributed by atoms with Gasteiger partial charge in [0, 0.05) is 4.47 Å². The van der Waals surface area contributed by atoms with Crippen molar-refractivity contribution in [2.24, 2.45) is 0 Å². The largest absolute Gasteiger partial charge is 0.241 e. The van der Waals surface area contributed by atoms with E-state index in [0.29, 0.717) is 5.02 Å². The molecule has 0 aliphatic rings. The minimum absolute atomic E-state index is 0.716. The first-order valence-electron chi connectivity index (χ1n) is 3.39. The molecule has 0 aliphatic heterocycles. The molecule has 62 valence electrons. The summed E-state index contributed by atoms with van der Waals surface area (Å²) in [6.07, 6.45) is 0. The lowest BCUT2D eigenvalue weighted by atomic mass is 10.3. The molecular weight excluding hydrogens is 258 g/mol. The number of nitrogens with zero attached hydrogens (tertiary/aromatic N) is 1. The SMILES string of the molecule is Cc1nc2cc(Cl)c(Br)cc2s1. The van der Waals surface area contributed by atoms with Gasteiger partial charge in [-0.2, -0.15) is 0 Å². The molecule has 0 saturated heterocycles. The average molecular weight is 263 g/mol. The number of hydrogen-bond acceptors (Lipinski definition) is 2. The van der Waals surface area contributed by atoms with Gasteiger partial charge in [-0.25, -0.2) is 4.98 Å². The smallest absolute Gasteiger partial charge is 0.0907 e. The average Bonchev–Trinajstić information content (AvgIpc) is 2.30. The van der Waals surface area contributed by atoms with Crippen LogP contribution in [0.1, 0.15) is 5.01 Å². The second-order valence-corrected chi connectivity index (χ2v) is 4.96. The first kappa shape index (κ1) is 8.48. The lowest BCUT2D eigenvalue weighted by molar-refractivity contribution is 1.35. The number of fused-ring (bicyclic) bond motifs is 1. The van der Waals surface area contributed by atoms with Crippen LogP contribution in [-0.4, -0.2) is 4.98 Å². The lowest BCUT2D eigenvalue weighted by Gasteiger charge is -1.93. The second kappa shape index (κ2) is 2.98. The summed E-state index contributed by atoms with van der Waals surface area (Å²) in [5.74, 6) is 0. The van der Waals surface area contributed by atoms with Crippen LogP contribution in [0.15, 0.2) is 16.6 Å². The predicted octanol–water partition coefficient (Wildman–Crippen LogP) is 4.02. The maximum atomic E-state index is 5.91. The summed E-state index contributed by atoms with van der Waals surface area (Å²) in [6.45, 7) is 1.99. The molecule has 0 saturated carbocycles. The number of thiazole rings is 1. The highest BCUT2D eigenvalue weighted by molar-refractivity contribution is 9.10. The first-order chi connectivity index (χ1) is 5.66. The monoisotopic (exact) mass is 261 g/mol. The van der Waals surface area contributed by atoms with E-state index in [2.05, 4.69) is 20.9 Å². The highest BCUT2D eigenvalue weighted by Crippen LogP contribution is 2.30. The highest BCUT2D eigenvalue weighted by atomic mass is 79.9. The van der Waals surface area contributed by atoms with E-state index in [0.717, 1.165) is 15.0 Å². The molecule has 2 aromatic rings. The molecule has 0 amide bonds. The van der Waals surface area contributed by atoms with Crippen molar-refractivity contribution in [2.75, 3.05) is 0 Å². The Kier molecular flexibility index (Phi) is 2.10. The zero-order chi connectivity index (χ0) is 8.72. The Morgan fingerprint density at radius 2 is 2.25 bits per heavy atom. The summed E-state index contributed by atoms with van der Waals surface area (Å²) >= 11 is 11.0. The fraction of sp³-hybridized carbons (Fsp3) is 0.125. The fourth-order valence-corrected chi connectivity index (χ4v) is 2.54. The Labute approximate surface area is 87.5 Å². The molecule has 0 atom stereocenters. The van der Waals surface area contributed by atoms with E-state index in [1.54, 1.807) is 11.3 Å². The predicted molar refractivity (Wildman–Crippen MR) is 57.1 cm³/mol. The number of rotatable bonds is 0. The maximum Gasteiger partial charge on any atom is 0.0907 e. The van der Waals surface area contributed by atoms with E-state index < -0.39 is 0 Å². The molecule has 4 heteroatoms. The summed E-state index contributed by atoms with van der Waals surface area (Å²) in [5.41, 5.74) is 0.978. The Bertz CT molecular complexity index is 399. The van der Waals surface area contributed by atoms with E-state index in [1.165, 1.54) is 4.70 Å². The van der Waals surface area contributed by atoms with E-state index in [1.807, 2.05) is 19.1 Å². The fourth-order valence-electron chi connectivity index (χ4n) is 1.04. The van der Waals surface area contributed by atoms with Gasteiger partial charge < -0.3 is 0 Å². The number of benzene rings is 1. The van der Waals surface area contributed by atoms with Gasteiger partial charge in [-0.15, -0.1) is 11.3 Å². The van der Waals surface area contributed by atoms with E-state index in [9.17, 15) is 0 Å². The van der Waals surface area contributed by atoms with E-state index in [4.69, 9.17) is 11.6 Å². The molecule has 1 nitrogen and oxygen atoms in total. The van der Waals surface area contributed by atoms with Crippen LogP contribution in [0.5, 0.6) is 0 Å². The Morgan fingerprint density at radius 3 is 3.00 bits per heavy atom. The third-order valence-corrected chi connectivity index (χ3v) is 3.67. The number of aromatic nitrogens is 1. The summed E-state index contributed by atoms with van der Waals surface area (Å²) in [5, 5.41) is 1.78. The molecule has 0 unspecified atom stereocenters. The number of hydrogen-bond donors (Lipinski definition) is 0. The third-order valence-electron chi connectivity index (χ3n) is 1.54. The van der Waals surface area contributed by atoms with Gasteiger partial charge in [0.05, 0.1) is 20.2 Å². The van der Waals surface area contributed by atoms with Crippen molar-refractivity contribution in [2.45, 2.75) is 6.92 Å². The van der Waals surface area contributed by atoms with Crippen molar-refractivity contribution in [1.29, 1.82) is 0 Å². The molecule has 0 bridgehead atoms. The van der Waals surface area contributed by atoms with Gasteiger partial charge in [0.2, 0.25) is 0 Å². The second-order valence-electron chi connectivity index (χ2n) is 2.47. The van der Waals surface area contributed by atoms with Crippen molar-refractivity contribution in [3.63, 3.8) is 0 Å². The van der Waals surface area contributed by atoms with Crippen LogP contribution in [0.3, 0.4) is 0 Å². The van der Waals surface area contributed by atoms with Gasteiger partial charge in [-0.05, 0) is 35.0 Å². The van der Waals surface area contributed by atoms with Gasteiger partial charge in [-0.3, -0.25) is 0 Å². The van der Waals surface area contributed by atoms with Crippen molar-refractivity contribution < 1.29 is 0 Å². The van der Waals surface area contributed by atoms with Crippen LogP contribution < -0.4 is 0 Å². The molecule has 0 radical (unpaired) electrons. The molecular formula is C8H5BrClNS. The minimum Gasteiger partial charge on any atom is -0.241 e. The topological polar surface area (TPSA) is 12.9 Å². The van der Waals surface area contributed by atoms with Crippen molar-refractivity contribution in [3.05, 3.63) is 26.6 Å². The first-order valence-corrected chi connectivity index (χ1v) is 5.38. The van der Waals surface area contributed by atoms with Crippen molar-refractivity contribution in [1.82, 2.24) is 4.98 Å². The van der Waals surface area contributed by atoms with Gasteiger partial charge in [-0.1, -0.05) is 11.6 Å². The minimum atomic E-state index is 0.716. The normalized spacial score (nSPS) is 10.9. The van der Waals surface area contributed by atoms with Gasteiger partial charge in [0.15, 0.2) is 0 Å². The van der Waals surface area contributed by atoms with Gasteiger partial charge in [0.25, 0.3) is 0 Å². The molecule has 12 heavy (non-hydrogen) atoms. The lowest BCUT2D eigenvalue weighted by Crippen LogP contribution is -1.71. The highest BCUT2D eigenvalue weighted by Gasteiger charge is 2.03. The molecule has 0 N–H and O–H groups in total. The van der Waals surface area contributed by atoms with Gasteiger partial charge in [0.1, 0.15) is 0 Å². The zero-order valence-electron chi connectivity index (χ0n) is 6.27. The third kappa shape index (κ3) is 1.37. The van der Waals surface area contributed by atoms with Crippen LogP contribution in [0.2, 0.25) is 5.02 Å². The Hall–Kier alpha value is -0.120. The number of aryl methyl sites for hydroxylation is 1. The maximum absolute atomic E-state index is 5.91. The standard InChI is InChI=1S/C8H5BrClNS/c1-4-11-7-3-6(10)5(9)2-8(7)12-4/h2-3H,1H3. The Balaban J connectivity index is 2.83. The van der Waals surface area contributed by atoms with E-state index >= 15 is 0 Å². The van der Waals surface area contributed by atoms with Crippen molar-refractivity contribution in [3.8, 4) is 0 Å². The molecule has 0 fully saturated rings. The molecule has 1 aromatic heterocycles. The van der Waals surface area contributed by atoms with Crippen LogP contribution in [0.25, 0.3) is 10.2 Å². The summed E-state index contributed by atoms with van der Waals surface area (Å²) < 4.78 is 2.10. The van der Waals surface area contributed by atoms with Crippen LogP contribution in [0.4, 0.5) is 0 Å². The summed E-state index contributed by atoms with van der Waals surface area (Å²) in [6, 6.07) is 3.88. The summed E-state index contributed by atoms with van der Waals surface area (Å²) in [7, 11) is 0. The molecule has 2 rings (SSSR count). The molecule has 1 aromatic carbocycles. The van der Waals surface area contributed by atoms with E-state index in [-0.39, 0.29) is 0 Å². The molecule has 0 aliphatic carbocycles. The summed E-state index contributed by atoms with van der Waals surface area (Å²) in [4.78, 5) is 4.33. The van der Waals surface area contributed by atoms with Crippen molar-refractivity contribution >= 4 is 49.1 Å². The van der Waals surface area contributed by atoms with Crippen LogP contribution in [0, 0.1) is 6.92 Å². The molecule has 0 spiro atoms. The van der Waals surface area contributed by atoms with Crippen LogP contribution in [-0.2, 0) is 0 Å². The quantitative estimate of drug-likeness (QED) is 0.699. The zero-order valence-corrected chi connectivity index (χ0v) is 9.42. The molecule has 1 heterocycles. The van der Waals surface area contributed by atoms with Gasteiger partial charge >= 0.3 is 0 Å². The Morgan fingerprint density at radius 1 is 1.50 bits per heavy atom.